The van der Waals surface area contributed by atoms with Crippen molar-refractivity contribution in [3.8, 4) is 0 Å². The van der Waals surface area contributed by atoms with E-state index in [1.165, 1.54) is 22.6 Å². The summed E-state index contributed by atoms with van der Waals surface area (Å²) in [4.78, 5) is 15.6. The molecule has 0 aliphatic heterocycles. The Morgan fingerprint density at radius 3 is 2.58 bits per heavy atom. The molecule has 1 aliphatic rings. The van der Waals surface area contributed by atoms with E-state index < -0.39 is 5.97 Å². The third-order valence-corrected chi connectivity index (χ3v) is 4.85. The number of carboxylic acids is 1. The normalized spacial score (nSPS) is 16.0. The summed E-state index contributed by atoms with van der Waals surface area (Å²) in [5, 5.41) is 8.99. The molecule has 1 N–H and O–H groups in total. The van der Waals surface area contributed by atoms with Crippen molar-refractivity contribution in [2.75, 3.05) is 13.1 Å². The maximum Gasteiger partial charge on any atom is 0.317 e. The van der Waals surface area contributed by atoms with Crippen molar-refractivity contribution in [2.24, 2.45) is 5.92 Å². The van der Waals surface area contributed by atoms with Gasteiger partial charge in [-0.25, -0.2) is 0 Å². The molecule has 1 aliphatic carbocycles. The average molecular weight is 281 g/mol. The van der Waals surface area contributed by atoms with Crippen molar-refractivity contribution in [3.05, 3.63) is 21.9 Å². The van der Waals surface area contributed by atoms with Gasteiger partial charge in [0, 0.05) is 22.8 Å². The summed E-state index contributed by atoms with van der Waals surface area (Å²) in [6.45, 7) is 8.48. The van der Waals surface area contributed by atoms with Crippen LogP contribution in [-0.4, -0.2) is 29.1 Å². The van der Waals surface area contributed by atoms with Crippen LogP contribution in [0.3, 0.4) is 0 Å². The number of carboxylic acid groups (broad SMARTS) is 1. The minimum atomic E-state index is -0.728. The van der Waals surface area contributed by atoms with Gasteiger partial charge in [0.05, 0.1) is 6.54 Å². The monoisotopic (exact) mass is 281 g/mol. The highest BCUT2D eigenvalue weighted by atomic mass is 32.1. The maximum atomic E-state index is 10.9. The third-order valence-electron chi connectivity index (χ3n) is 3.35. The van der Waals surface area contributed by atoms with Gasteiger partial charge >= 0.3 is 5.97 Å². The summed E-state index contributed by atoms with van der Waals surface area (Å²) in [5.74, 6) is -0.00495. The molecule has 0 atom stereocenters. The van der Waals surface area contributed by atoms with Gasteiger partial charge in [0.15, 0.2) is 0 Å². The second-order valence-electron chi connectivity index (χ2n) is 6.52. The van der Waals surface area contributed by atoms with Crippen LogP contribution in [0.2, 0.25) is 0 Å². The van der Waals surface area contributed by atoms with Gasteiger partial charge in [-0.3, -0.25) is 9.69 Å². The molecule has 1 aromatic rings. The maximum absolute atomic E-state index is 10.9. The number of thiophene rings is 1. The molecule has 2 rings (SSSR count). The van der Waals surface area contributed by atoms with Gasteiger partial charge in [-0.1, -0.05) is 20.8 Å². The lowest BCUT2D eigenvalue weighted by Gasteiger charge is -2.19. The molecule has 0 spiro atoms. The predicted octanol–water partition coefficient (Wildman–Crippen LogP) is 3.34. The molecule has 4 heteroatoms. The Balaban J connectivity index is 1.99. The lowest BCUT2D eigenvalue weighted by Crippen LogP contribution is -2.30. The van der Waals surface area contributed by atoms with Crippen LogP contribution in [0.25, 0.3) is 0 Å². The van der Waals surface area contributed by atoms with Crippen LogP contribution in [0.4, 0.5) is 0 Å². The third kappa shape index (κ3) is 4.62. The van der Waals surface area contributed by atoms with Crippen LogP contribution in [0.5, 0.6) is 0 Å². The van der Waals surface area contributed by atoms with Crippen LogP contribution in [0, 0.1) is 5.92 Å². The lowest BCUT2D eigenvalue weighted by molar-refractivity contribution is -0.138. The van der Waals surface area contributed by atoms with E-state index >= 15 is 0 Å². The van der Waals surface area contributed by atoms with Crippen molar-refractivity contribution >= 4 is 17.3 Å². The largest absolute Gasteiger partial charge is 0.480 e. The van der Waals surface area contributed by atoms with Gasteiger partial charge in [0.1, 0.15) is 0 Å². The fourth-order valence-electron chi connectivity index (χ4n) is 2.13. The SMILES string of the molecule is CC(C)(C)c1ccc(CN(CC(=O)O)CC2CC2)s1. The van der Waals surface area contributed by atoms with Gasteiger partial charge < -0.3 is 5.11 Å². The summed E-state index contributed by atoms with van der Waals surface area (Å²) in [7, 11) is 0. The van der Waals surface area contributed by atoms with Crippen molar-refractivity contribution in [3.63, 3.8) is 0 Å². The van der Waals surface area contributed by atoms with E-state index in [1.807, 2.05) is 11.3 Å². The summed E-state index contributed by atoms with van der Waals surface area (Å²) < 4.78 is 0. The summed E-state index contributed by atoms with van der Waals surface area (Å²) in [6.07, 6.45) is 2.52. The topological polar surface area (TPSA) is 40.5 Å². The highest BCUT2D eigenvalue weighted by Gasteiger charge is 2.26. The molecule has 19 heavy (non-hydrogen) atoms. The van der Waals surface area contributed by atoms with Crippen LogP contribution >= 0.6 is 11.3 Å². The zero-order valence-electron chi connectivity index (χ0n) is 12.0. The molecule has 0 aromatic carbocycles. The quantitative estimate of drug-likeness (QED) is 0.869. The number of hydrogen-bond acceptors (Lipinski definition) is 3. The average Bonchev–Trinajstić information content (AvgIpc) is 2.91. The van der Waals surface area contributed by atoms with Gasteiger partial charge in [-0.15, -0.1) is 11.3 Å². The number of aliphatic carboxylic acids is 1. The molecular weight excluding hydrogens is 258 g/mol. The highest BCUT2D eigenvalue weighted by molar-refractivity contribution is 7.12. The van der Waals surface area contributed by atoms with Crippen molar-refractivity contribution in [1.82, 2.24) is 4.90 Å². The van der Waals surface area contributed by atoms with E-state index in [0.717, 1.165) is 19.0 Å². The highest BCUT2D eigenvalue weighted by Crippen LogP contribution is 2.32. The van der Waals surface area contributed by atoms with Crippen LogP contribution in [0.15, 0.2) is 12.1 Å². The minimum absolute atomic E-state index is 0.152. The zero-order valence-corrected chi connectivity index (χ0v) is 12.8. The second-order valence-corrected chi connectivity index (χ2v) is 7.69. The predicted molar refractivity (Wildman–Crippen MR) is 78.7 cm³/mol. The first-order valence-corrected chi connectivity index (χ1v) is 7.69. The Labute approximate surface area is 119 Å². The summed E-state index contributed by atoms with van der Waals surface area (Å²) >= 11 is 1.81. The molecule has 1 heterocycles. The molecule has 0 bridgehead atoms. The van der Waals surface area contributed by atoms with Crippen LogP contribution < -0.4 is 0 Å². The standard InChI is InChI=1S/C15H23NO2S/c1-15(2,3)13-7-6-12(19-13)9-16(10-14(17)18)8-11-4-5-11/h6-7,11H,4-5,8-10H2,1-3H3,(H,17,18). The van der Waals surface area contributed by atoms with Crippen molar-refractivity contribution in [2.45, 2.75) is 45.6 Å². The molecule has 0 saturated heterocycles. The number of carbonyl (C=O) groups is 1. The van der Waals surface area contributed by atoms with Gasteiger partial charge in [-0.05, 0) is 36.3 Å². The first kappa shape index (κ1) is 14.5. The van der Waals surface area contributed by atoms with E-state index in [4.69, 9.17) is 5.11 Å². The fraction of sp³-hybridized carbons (Fsp3) is 0.667. The Morgan fingerprint density at radius 2 is 2.11 bits per heavy atom. The second kappa shape index (κ2) is 5.63. The van der Waals surface area contributed by atoms with E-state index in [1.54, 1.807) is 0 Å². The van der Waals surface area contributed by atoms with E-state index in [2.05, 4.69) is 37.8 Å². The smallest absolute Gasteiger partial charge is 0.317 e. The van der Waals surface area contributed by atoms with Gasteiger partial charge in [0.25, 0.3) is 0 Å². The minimum Gasteiger partial charge on any atom is -0.480 e. The molecule has 3 nitrogen and oxygen atoms in total. The summed E-state index contributed by atoms with van der Waals surface area (Å²) in [5.41, 5.74) is 0.178. The zero-order chi connectivity index (χ0) is 14.0. The summed E-state index contributed by atoms with van der Waals surface area (Å²) in [6, 6.07) is 4.32. The van der Waals surface area contributed by atoms with Crippen molar-refractivity contribution in [1.29, 1.82) is 0 Å². The first-order valence-electron chi connectivity index (χ1n) is 6.88. The van der Waals surface area contributed by atoms with Crippen molar-refractivity contribution < 1.29 is 9.90 Å². The van der Waals surface area contributed by atoms with Gasteiger partial charge in [-0.2, -0.15) is 0 Å². The Morgan fingerprint density at radius 1 is 1.42 bits per heavy atom. The molecule has 0 radical (unpaired) electrons. The molecule has 0 amide bonds. The van der Waals surface area contributed by atoms with Gasteiger partial charge in [0.2, 0.25) is 0 Å². The molecule has 0 unspecified atom stereocenters. The van der Waals surface area contributed by atoms with E-state index in [-0.39, 0.29) is 12.0 Å². The number of rotatable bonds is 6. The van der Waals surface area contributed by atoms with Crippen LogP contribution in [0.1, 0.15) is 43.4 Å². The Hall–Kier alpha value is -0.870. The Bertz CT molecular complexity index is 443. The number of hydrogen-bond donors (Lipinski definition) is 1. The molecule has 1 fully saturated rings. The molecular formula is C15H23NO2S. The van der Waals surface area contributed by atoms with E-state index in [0.29, 0.717) is 0 Å². The Kier molecular flexibility index (Phi) is 4.31. The molecule has 1 aromatic heterocycles. The first-order chi connectivity index (χ1) is 8.84. The number of nitrogens with zero attached hydrogens (tertiary/aromatic N) is 1. The molecule has 106 valence electrons. The van der Waals surface area contributed by atoms with Crippen LogP contribution in [-0.2, 0) is 16.8 Å². The fourth-order valence-corrected chi connectivity index (χ4v) is 3.24. The van der Waals surface area contributed by atoms with E-state index in [9.17, 15) is 4.79 Å². The lowest BCUT2D eigenvalue weighted by atomic mass is 9.95. The molecule has 1 saturated carbocycles.